The minimum Gasteiger partial charge on any atom is -0.444 e. The van der Waals surface area contributed by atoms with Gasteiger partial charge in [-0.15, -0.1) is 0 Å². The fourth-order valence-corrected chi connectivity index (χ4v) is 1.23. The van der Waals surface area contributed by atoms with Crippen molar-refractivity contribution in [3.8, 4) is 0 Å². The topological polar surface area (TPSA) is 55.4 Å². The molecule has 0 rings (SSSR count). The molecule has 0 fully saturated rings. The van der Waals surface area contributed by atoms with Gasteiger partial charge in [0.05, 0.1) is 0 Å². The summed E-state index contributed by atoms with van der Waals surface area (Å²) in [5, 5.41) is 2.29. The number of hydrogen-bond donors (Lipinski definition) is 1. The Morgan fingerprint density at radius 1 is 1.16 bits per heavy atom. The van der Waals surface area contributed by atoms with E-state index in [2.05, 4.69) is 5.32 Å². The molecule has 0 saturated carbocycles. The third-order valence-corrected chi connectivity index (χ3v) is 2.23. The molecule has 0 aromatic heterocycles. The summed E-state index contributed by atoms with van der Waals surface area (Å²) in [6.07, 6.45) is -6.51. The molecule has 0 aromatic carbocycles. The molecule has 0 aliphatic heterocycles. The molecule has 0 aliphatic rings. The molecule has 0 aliphatic carbocycles. The van der Waals surface area contributed by atoms with E-state index in [4.69, 9.17) is 4.74 Å². The van der Waals surface area contributed by atoms with Crippen molar-refractivity contribution in [2.75, 3.05) is 0 Å². The number of hydrogen-bond acceptors (Lipinski definition) is 3. The summed E-state index contributed by atoms with van der Waals surface area (Å²) in [5.74, 6) is -2.18. The van der Waals surface area contributed by atoms with Gasteiger partial charge in [0.2, 0.25) is 5.78 Å². The molecule has 0 saturated heterocycles. The lowest BCUT2D eigenvalue weighted by molar-refractivity contribution is -0.171. The lowest BCUT2D eigenvalue weighted by Crippen LogP contribution is -2.44. The molecule has 1 N–H and O–H groups in total. The van der Waals surface area contributed by atoms with Crippen molar-refractivity contribution >= 4 is 11.9 Å². The molecule has 0 heterocycles. The van der Waals surface area contributed by atoms with Crippen LogP contribution in [0.25, 0.3) is 0 Å². The average Bonchev–Trinajstić information content (AvgIpc) is 2.11. The largest absolute Gasteiger partial charge is 0.450 e. The Labute approximate surface area is 110 Å². The fraction of sp³-hybridized carbons (Fsp3) is 0.833. The van der Waals surface area contributed by atoms with Gasteiger partial charge in [-0.05, 0) is 26.7 Å². The van der Waals surface area contributed by atoms with Gasteiger partial charge in [-0.3, -0.25) is 4.79 Å². The Balaban J connectivity index is 4.60. The van der Waals surface area contributed by atoms with Crippen LogP contribution >= 0.6 is 0 Å². The minimum atomic E-state index is -4.89. The van der Waals surface area contributed by atoms with Crippen LogP contribution in [0.15, 0.2) is 0 Å². The fourth-order valence-electron chi connectivity index (χ4n) is 1.23. The second kappa shape index (κ2) is 6.25. The Morgan fingerprint density at radius 2 is 1.63 bits per heavy atom. The highest BCUT2D eigenvalue weighted by atomic mass is 19.4. The maximum Gasteiger partial charge on any atom is 0.450 e. The lowest BCUT2D eigenvalue weighted by Gasteiger charge is -2.25. The third kappa shape index (κ3) is 7.69. The van der Waals surface area contributed by atoms with Gasteiger partial charge >= 0.3 is 12.3 Å². The Kier molecular flexibility index (Phi) is 5.83. The minimum absolute atomic E-state index is 0.321. The summed E-state index contributed by atoms with van der Waals surface area (Å²) in [5.41, 5.74) is -0.750. The number of halogens is 3. The van der Waals surface area contributed by atoms with Gasteiger partial charge < -0.3 is 10.1 Å². The third-order valence-electron chi connectivity index (χ3n) is 2.23. The van der Waals surface area contributed by atoms with E-state index in [1.54, 1.807) is 34.6 Å². The maximum absolute atomic E-state index is 12.2. The molecule has 1 atom stereocenters. The van der Waals surface area contributed by atoms with Gasteiger partial charge in [-0.1, -0.05) is 13.8 Å². The number of carbonyl (C=O) groups is 2. The maximum atomic E-state index is 12.2. The van der Waals surface area contributed by atoms with Gasteiger partial charge in [0, 0.05) is 12.5 Å². The first kappa shape index (κ1) is 17.7. The van der Waals surface area contributed by atoms with Crippen LogP contribution < -0.4 is 5.32 Å². The SMILES string of the molecule is CC(C)C(CC(=O)C(F)(F)F)NC(=O)OC(C)(C)C. The average molecular weight is 283 g/mol. The van der Waals surface area contributed by atoms with Crippen molar-refractivity contribution in [1.82, 2.24) is 5.32 Å². The van der Waals surface area contributed by atoms with Crippen LogP contribution in [-0.4, -0.2) is 29.7 Å². The number of nitrogens with one attached hydrogen (secondary N) is 1. The van der Waals surface area contributed by atoms with Gasteiger partial charge in [0.25, 0.3) is 0 Å². The Bertz CT molecular complexity index is 332. The monoisotopic (exact) mass is 283 g/mol. The number of rotatable bonds is 4. The normalized spacial score (nSPS) is 14.2. The highest BCUT2D eigenvalue weighted by Crippen LogP contribution is 2.21. The van der Waals surface area contributed by atoms with Crippen LogP contribution in [0.5, 0.6) is 0 Å². The van der Waals surface area contributed by atoms with Crippen molar-refractivity contribution < 1.29 is 27.5 Å². The molecular weight excluding hydrogens is 263 g/mol. The van der Waals surface area contributed by atoms with E-state index in [9.17, 15) is 22.8 Å². The quantitative estimate of drug-likeness (QED) is 0.862. The predicted molar refractivity (Wildman–Crippen MR) is 63.7 cm³/mol. The van der Waals surface area contributed by atoms with Crippen LogP contribution in [0.2, 0.25) is 0 Å². The van der Waals surface area contributed by atoms with E-state index < -0.39 is 36.1 Å². The molecule has 1 amide bonds. The van der Waals surface area contributed by atoms with Crippen LogP contribution in [0, 0.1) is 5.92 Å². The Hall–Kier alpha value is -1.27. The first-order valence-electron chi connectivity index (χ1n) is 5.92. The molecule has 1 unspecified atom stereocenters. The summed E-state index contributed by atoms with van der Waals surface area (Å²) < 4.78 is 41.5. The molecule has 0 aromatic rings. The van der Waals surface area contributed by atoms with Gasteiger partial charge in [0.15, 0.2) is 0 Å². The van der Waals surface area contributed by atoms with E-state index in [0.29, 0.717) is 0 Å². The highest BCUT2D eigenvalue weighted by molar-refractivity contribution is 5.85. The number of ketones is 1. The summed E-state index contributed by atoms with van der Waals surface area (Å²) in [7, 11) is 0. The summed E-state index contributed by atoms with van der Waals surface area (Å²) >= 11 is 0. The molecule has 19 heavy (non-hydrogen) atoms. The molecule has 0 spiro atoms. The number of alkyl carbamates (subject to hydrolysis) is 1. The van der Waals surface area contributed by atoms with Gasteiger partial charge in [-0.2, -0.15) is 13.2 Å². The lowest BCUT2D eigenvalue weighted by atomic mass is 9.98. The molecule has 4 nitrogen and oxygen atoms in total. The number of ether oxygens (including phenoxy) is 1. The van der Waals surface area contributed by atoms with Crippen molar-refractivity contribution in [2.45, 2.75) is 58.9 Å². The van der Waals surface area contributed by atoms with Crippen LogP contribution in [0.3, 0.4) is 0 Å². The standard InChI is InChI=1S/C12H20F3NO3/c1-7(2)8(6-9(17)12(13,14)15)16-10(18)19-11(3,4)5/h7-8H,6H2,1-5H3,(H,16,18). The predicted octanol–water partition coefficient (Wildman–Crippen LogP) is 3.06. The number of carbonyl (C=O) groups excluding carboxylic acids is 2. The number of Topliss-reactive ketones (excluding diaryl/α,β-unsaturated/α-hetero) is 1. The van der Waals surface area contributed by atoms with E-state index in [-0.39, 0.29) is 5.92 Å². The molecule has 0 bridgehead atoms. The van der Waals surface area contributed by atoms with E-state index in [1.807, 2.05) is 0 Å². The zero-order valence-corrected chi connectivity index (χ0v) is 11.7. The first-order chi connectivity index (χ1) is 8.33. The highest BCUT2D eigenvalue weighted by Gasteiger charge is 2.40. The number of alkyl halides is 3. The Morgan fingerprint density at radius 3 is 1.95 bits per heavy atom. The summed E-state index contributed by atoms with van der Waals surface area (Å²) in [4.78, 5) is 22.4. The second-order valence-corrected chi connectivity index (χ2v) is 5.62. The summed E-state index contributed by atoms with van der Waals surface area (Å²) in [6, 6.07) is -0.913. The van der Waals surface area contributed by atoms with Gasteiger partial charge in [-0.25, -0.2) is 4.79 Å². The van der Waals surface area contributed by atoms with E-state index >= 15 is 0 Å². The number of amides is 1. The first-order valence-corrected chi connectivity index (χ1v) is 5.92. The van der Waals surface area contributed by atoms with Crippen LogP contribution in [0.1, 0.15) is 41.0 Å². The van der Waals surface area contributed by atoms with Crippen LogP contribution in [-0.2, 0) is 9.53 Å². The van der Waals surface area contributed by atoms with Crippen molar-refractivity contribution in [3.63, 3.8) is 0 Å². The summed E-state index contributed by atoms with van der Waals surface area (Å²) in [6.45, 7) is 8.14. The zero-order chi connectivity index (χ0) is 15.4. The van der Waals surface area contributed by atoms with Crippen LogP contribution in [0.4, 0.5) is 18.0 Å². The van der Waals surface area contributed by atoms with E-state index in [1.165, 1.54) is 0 Å². The van der Waals surface area contributed by atoms with Crippen molar-refractivity contribution in [3.05, 3.63) is 0 Å². The smallest absolute Gasteiger partial charge is 0.444 e. The zero-order valence-electron chi connectivity index (χ0n) is 11.7. The molecule has 0 radical (unpaired) electrons. The van der Waals surface area contributed by atoms with Gasteiger partial charge in [0.1, 0.15) is 5.60 Å². The molecular formula is C12H20F3NO3. The molecule has 7 heteroatoms. The second-order valence-electron chi connectivity index (χ2n) is 5.62. The molecule has 112 valence electrons. The van der Waals surface area contributed by atoms with E-state index in [0.717, 1.165) is 0 Å². The van der Waals surface area contributed by atoms with Crippen molar-refractivity contribution in [2.24, 2.45) is 5.92 Å². The van der Waals surface area contributed by atoms with Crippen molar-refractivity contribution in [1.29, 1.82) is 0 Å².